The highest BCUT2D eigenvalue weighted by Crippen LogP contribution is 2.13. The summed E-state index contributed by atoms with van der Waals surface area (Å²) in [4.78, 5) is 11.3. The summed E-state index contributed by atoms with van der Waals surface area (Å²) < 4.78 is 5.06. The van der Waals surface area contributed by atoms with Gasteiger partial charge >= 0.3 is 5.97 Å². The third kappa shape index (κ3) is 20.8. The van der Waals surface area contributed by atoms with Gasteiger partial charge in [0.15, 0.2) is 5.96 Å². The molecular formula is C21H43N3O2. The van der Waals surface area contributed by atoms with Gasteiger partial charge in [-0.1, -0.05) is 103 Å². The minimum atomic E-state index is -0.346. The highest BCUT2D eigenvalue weighted by molar-refractivity contribution is 5.80. The maximum Gasteiger partial charge on any atom is 0.325 e. The van der Waals surface area contributed by atoms with Gasteiger partial charge in [-0.3, -0.25) is 10.2 Å². The van der Waals surface area contributed by atoms with Crippen LogP contribution in [-0.4, -0.2) is 25.1 Å². The van der Waals surface area contributed by atoms with E-state index in [1.165, 1.54) is 89.9 Å². The molecule has 0 amide bonds. The molecule has 0 bridgehead atoms. The Morgan fingerprint density at radius 1 is 0.769 bits per heavy atom. The van der Waals surface area contributed by atoms with Crippen molar-refractivity contribution in [3.63, 3.8) is 0 Å². The first kappa shape index (κ1) is 24.7. The van der Waals surface area contributed by atoms with Crippen molar-refractivity contribution in [1.29, 1.82) is 5.41 Å². The molecule has 5 nitrogen and oxygen atoms in total. The second kappa shape index (κ2) is 20.1. The molecule has 0 aliphatic heterocycles. The lowest BCUT2D eigenvalue weighted by Gasteiger charge is -2.06. The Morgan fingerprint density at radius 2 is 1.15 bits per heavy atom. The van der Waals surface area contributed by atoms with Gasteiger partial charge in [0.05, 0.1) is 6.61 Å². The van der Waals surface area contributed by atoms with Crippen LogP contribution in [0.5, 0.6) is 0 Å². The predicted octanol–water partition coefficient (Wildman–Crippen LogP) is 5.27. The number of carbonyl (C=O) groups excluding carboxylic acids is 1. The van der Waals surface area contributed by atoms with E-state index in [-0.39, 0.29) is 18.5 Å². The molecule has 0 aromatic carbocycles. The number of carbonyl (C=O) groups is 1. The Balaban J connectivity index is 3.09. The van der Waals surface area contributed by atoms with Crippen LogP contribution < -0.4 is 11.1 Å². The van der Waals surface area contributed by atoms with E-state index in [1.54, 1.807) is 0 Å². The molecule has 0 heterocycles. The van der Waals surface area contributed by atoms with E-state index in [4.69, 9.17) is 15.9 Å². The smallest absolute Gasteiger partial charge is 0.325 e. The third-order valence-electron chi connectivity index (χ3n) is 4.68. The van der Waals surface area contributed by atoms with E-state index in [2.05, 4.69) is 12.2 Å². The van der Waals surface area contributed by atoms with E-state index in [0.717, 1.165) is 12.8 Å². The van der Waals surface area contributed by atoms with E-state index < -0.39 is 0 Å². The first-order valence-corrected chi connectivity index (χ1v) is 10.9. The molecule has 0 aliphatic rings. The molecule has 0 aliphatic carbocycles. The average molecular weight is 370 g/mol. The topological polar surface area (TPSA) is 88.2 Å². The van der Waals surface area contributed by atoms with Crippen LogP contribution in [0.4, 0.5) is 0 Å². The Kier molecular flexibility index (Phi) is 19.1. The van der Waals surface area contributed by atoms with Crippen molar-refractivity contribution in [3.05, 3.63) is 0 Å². The van der Waals surface area contributed by atoms with Gasteiger partial charge in [0.25, 0.3) is 0 Å². The van der Waals surface area contributed by atoms with Crippen molar-refractivity contribution >= 4 is 11.9 Å². The molecular weight excluding hydrogens is 326 g/mol. The number of hydrogen-bond donors (Lipinski definition) is 3. The molecule has 154 valence electrons. The molecule has 0 spiro atoms. The molecule has 0 aromatic rings. The van der Waals surface area contributed by atoms with Gasteiger partial charge < -0.3 is 15.8 Å². The van der Waals surface area contributed by atoms with E-state index in [0.29, 0.717) is 6.61 Å². The zero-order valence-electron chi connectivity index (χ0n) is 17.1. The molecule has 0 saturated heterocycles. The fraction of sp³-hybridized carbons (Fsp3) is 0.905. The number of hydrogen-bond acceptors (Lipinski definition) is 3. The predicted molar refractivity (Wildman–Crippen MR) is 110 cm³/mol. The summed E-state index contributed by atoms with van der Waals surface area (Å²) in [6, 6.07) is 0. The molecule has 0 rings (SSSR count). The number of nitrogens with two attached hydrogens (primary N) is 1. The van der Waals surface area contributed by atoms with Crippen molar-refractivity contribution in [1.82, 2.24) is 5.32 Å². The van der Waals surface area contributed by atoms with Gasteiger partial charge in [-0.05, 0) is 6.42 Å². The lowest BCUT2D eigenvalue weighted by Crippen LogP contribution is -2.35. The monoisotopic (exact) mass is 369 g/mol. The number of esters is 1. The van der Waals surface area contributed by atoms with Crippen LogP contribution in [0.25, 0.3) is 0 Å². The first-order valence-electron chi connectivity index (χ1n) is 10.9. The average Bonchev–Trinajstić information content (AvgIpc) is 2.62. The number of rotatable bonds is 19. The fourth-order valence-corrected chi connectivity index (χ4v) is 3.05. The molecule has 0 unspecified atom stereocenters. The van der Waals surface area contributed by atoms with Crippen LogP contribution in [0.3, 0.4) is 0 Å². The van der Waals surface area contributed by atoms with E-state index in [1.807, 2.05) is 0 Å². The molecule has 0 saturated carbocycles. The van der Waals surface area contributed by atoms with Crippen LogP contribution in [0.1, 0.15) is 110 Å². The SMILES string of the molecule is CCCCCCCCCCCCCCCCCCOC(=O)CNC(=N)N. The van der Waals surface area contributed by atoms with Crippen LogP contribution in [0, 0.1) is 5.41 Å². The highest BCUT2D eigenvalue weighted by atomic mass is 16.5. The lowest BCUT2D eigenvalue weighted by atomic mass is 10.0. The maximum absolute atomic E-state index is 11.3. The molecule has 0 fully saturated rings. The Hall–Kier alpha value is -1.26. The first-order chi connectivity index (χ1) is 12.7. The Morgan fingerprint density at radius 3 is 1.54 bits per heavy atom. The molecule has 0 atom stereocenters. The van der Waals surface area contributed by atoms with Crippen LogP contribution in [0.15, 0.2) is 0 Å². The number of unbranched alkanes of at least 4 members (excludes halogenated alkanes) is 15. The minimum absolute atomic E-state index is 0.0197. The van der Waals surface area contributed by atoms with Crippen molar-refractivity contribution in [3.8, 4) is 0 Å². The summed E-state index contributed by atoms with van der Waals surface area (Å²) in [7, 11) is 0. The van der Waals surface area contributed by atoms with Crippen molar-refractivity contribution in [2.24, 2.45) is 5.73 Å². The molecule has 4 N–H and O–H groups in total. The molecule has 0 radical (unpaired) electrons. The summed E-state index contributed by atoms with van der Waals surface area (Å²) in [6.07, 6.45) is 21.3. The van der Waals surface area contributed by atoms with Gasteiger partial charge in [0.1, 0.15) is 6.54 Å². The van der Waals surface area contributed by atoms with Gasteiger partial charge in [-0.2, -0.15) is 0 Å². The van der Waals surface area contributed by atoms with Crippen molar-refractivity contribution in [2.75, 3.05) is 13.2 Å². The second-order valence-electron chi connectivity index (χ2n) is 7.29. The van der Waals surface area contributed by atoms with Crippen molar-refractivity contribution < 1.29 is 9.53 Å². The van der Waals surface area contributed by atoms with Gasteiger partial charge in [0, 0.05) is 0 Å². The Bertz CT molecular complexity index is 335. The quantitative estimate of drug-likeness (QED) is 0.125. The molecule has 5 heteroatoms. The van der Waals surface area contributed by atoms with Crippen LogP contribution in [0.2, 0.25) is 0 Å². The number of guanidine groups is 1. The summed E-state index contributed by atoms with van der Waals surface area (Å²) in [5.74, 6) is -0.550. The summed E-state index contributed by atoms with van der Waals surface area (Å²) >= 11 is 0. The summed E-state index contributed by atoms with van der Waals surface area (Å²) in [6.45, 7) is 2.72. The van der Waals surface area contributed by atoms with Crippen LogP contribution >= 0.6 is 0 Å². The van der Waals surface area contributed by atoms with Crippen LogP contribution in [-0.2, 0) is 9.53 Å². The Labute approximate surface area is 161 Å². The largest absolute Gasteiger partial charge is 0.464 e. The normalized spacial score (nSPS) is 10.7. The van der Waals surface area contributed by atoms with Gasteiger partial charge in [-0.15, -0.1) is 0 Å². The fourth-order valence-electron chi connectivity index (χ4n) is 3.05. The lowest BCUT2D eigenvalue weighted by molar-refractivity contribution is -0.142. The summed E-state index contributed by atoms with van der Waals surface area (Å²) in [5.41, 5.74) is 5.10. The minimum Gasteiger partial charge on any atom is -0.464 e. The third-order valence-corrected chi connectivity index (χ3v) is 4.68. The zero-order valence-corrected chi connectivity index (χ0v) is 17.1. The molecule has 0 aromatic heterocycles. The van der Waals surface area contributed by atoms with Gasteiger partial charge in [0.2, 0.25) is 0 Å². The molecule has 26 heavy (non-hydrogen) atoms. The highest BCUT2D eigenvalue weighted by Gasteiger charge is 2.02. The standard InChI is InChI=1S/C21H43N3O2/c1-2-3-4-5-6-7-8-9-10-11-12-13-14-15-16-17-18-26-20(25)19-24-21(22)23/h2-19H2,1H3,(H4,22,23,24). The second-order valence-corrected chi connectivity index (χ2v) is 7.29. The van der Waals surface area contributed by atoms with Crippen molar-refractivity contribution in [2.45, 2.75) is 110 Å². The van der Waals surface area contributed by atoms with Gasteiger partial charge in [-0.25, -0.2) is 0 Å². The zero-order chi connectivity index (χ0) is 19.3. The van der Waals surface area contributed by atoms with E-state index >= 15 is 0 Å². The van der Waals surface area contributed by atoms with E-state index in [9.17, 15) is 4.79 Å². The summed E-state index contributed by atoms with van der Waals surface area (Å²) in [5, 5.41) is 9.39. The number of nitrogens with one attached hydrogen (secondary N) is 2. The maximum atomic E-state index is 11.3. The number of ether oxygens (including phenoxy) is 1.